The first-order chi connectivity index (χ1) is 16.2. The van der Waals surface area contributed by atoms with E-state index in [0.29, 0.717) is 72.4 Å². The van der Waals surface area contributed by atoms with Crippen molar-refractivity contribution in [2.45, 2.75) is 57.1 Å². The molecular formula is C24H48N2O6S2. The van der Waals surface area contributed by atoms with Crippen LogP contribution in [0.2, 0.25) is 0 Å². The molecule has 0 radical (unpaired) electrons. The van der Waals surface area contributed by atoms with E-state index in [-0.39, 0.29) is 15.6 Å². The monoisotopic (exact) mass is 524 g/mol. The summed E-state index contributed by atoms with van der Waals surface area (Å²) in [7, 11) is 5.46. The van der Waals surface area contributed by atoms with Crippen LogP contribution in [0.15, 0.2) is 12.2 Å². The molecule has 0 aliphatic carbocycles. The number of rotatable bonds is 23. The van der Waals surface area contributed by atoms with Crippen molar-refractivity contribution < 1.29 is 28.5 Å². The van der Waals surface area contributed by atoms with E-state index in [2.05, 4.69) is 38.3 Å². The number of allylic oxidation sites excluding steroid dienone is 1. The summed E-state index contributed by atoms with van der Waals surface area (Å²) in [6.45, 7) is 16.8. The molecule has 8 nitrogen and oxygen atoms in total. The lowest BCUT2D eigenvalue weighted by molar-refractivity contribution is -0.122. The Kier molecular flexibility index (Phi) is 21.7. The Labute approximate surface area is 215 Å². The fourth-order valence-electron chi connectivity index (χ4n) is 2.29. The van der Waals surface area contributed by atoms with Crippen LogP contribution in [-0.2, 0) is 28.5 Å². The second-order valence-corrected chi connectivity index (χ2v) is 12.1. The molecule has 0 spiro atoms. The maximum Gasteiger partial charge on any atom is 0.222 e. The first-order valence-corrected chi connectivity index (χ1v) is 14.2. The lowest BCUT2D eigenvalue weighted by Gasteiger charge is -2.31. The number of hydrogen-bond acceptors (Lipinski definition) is 9. The van der Waals surface area contributed by atoms with Crippen LogP contribution in [0.3, 0.4) is 0 Å². The van der Waals surface area contributed by atoms with E-state index in [1.807, 2.05) is 36.9 Å². The molecule has 0 aliphatic heterocycles. The first kappa shape index (κ1) is 33.7. The number of nitrogens with one attached hydrogen (secondary N) is 2. The third kappa shape index (κ3) is 23.4. The molecule has 34 heavy (non-hydrogen) atoms. The lowest BCUT2D eigenvalue weighted by atomic mass is 10.3. The predicted octanol–water partition coefficient (Wildman–Crippen LogP) is 3.66. The van der Waals surface area contributed by atoms with Crippen molar-refractivity contribution in [3.63, 3.8) is 0 Å². The van der Waals surface area contributed by atoms with Gasteiger partial charge in [-0.05, 0) is 20.9 Å². The summed E-state index contributed by atoms with van der Waals surface area (Å²) in [5.41, 5.74) is 0. The fourth-order valence-corrected chi connectivity index (χ4v) is 4.68. The third-order valence-corrected chi connectivity index (χ3v) is 8.24. The highest BCUT2D eigenvalue weighted by atomic mass is 33.1. The van der Waals surface area contributed by atoms with Crippen LogP contribution in [0.25, 0.3) is 0 Å². The van der Waals surface area contributed by atoms with Crippen LogP contribution in [0, 0.1) is 0 Å². The Morgan fingerprint density at radius 2 is 1.41 bits per heavy atom. The maximum atomic E-state index is 11.6. The SMILES string of the molecule is C/C=C/CNC(=O)CCOCCOCCOC(C)(CCOCCOCCNC)SSC(C)(C)C. The number of carbonyl (C=O) groups is 1. The summed E-state index contributed by atoms with van der Waals surface area (Å²) in [6.07, 6.45) is 4.93. The molecule has 1 amide bonds. The second-order valence-electron chi connectivity index (χ2n) is 8.69. The molecule has 1 unspecified atom stereocenters. The minimum Gasteiger partial charge on any atom is -0.379 e. The highest BCUT2D eigenvalue weighted by molar-refractivity contribution is 8.77. The zero-order chi connectivity index (χ0) is 25.5. The molecule has 0 heterocycles. The van der Waals surface area contributed by atoms with E-state index in [1.165, 1.54) is 0 Å². The molecule has 0 aliphatic rings. The summed E-state index contributed by atoms with van der Waals surface area (Å²) in [6, 6.07) is 0. The number of likely N-dealkylation sites (N-methyl/N-ethyl adjacent to an activating group) is 1. The first-order valence-electron chi connectivity index (χ1n) is 12.1. The third-order valence-electron chi connectivity index (χ3n) is 4.17. The van der Waals surface area contributed by atoms with Crippen molar-refractivity contribution in [3.05, 3.63) is 12.2 Å². The van der Waals surface area contributed by atoms with E-state index >= 15 is 0 Å². The zero-order valence-corrected chi connectivity index (χ0v) is 23.7. The summed E-state index contributed by atoms with van der Waals surface area (Å²) >= 11 is 0. The normalized spacial score (nSPS) is 13.9. The molecule has 0 bridgehead atoms. The van der Waals surface area contributed by atoms with Crippen molar-refractivity contribution in [1.29, 1.82) is 0 Å². The van der Waals surface area contributed by atoms with Crippen molar-refractivity contribution in [1.82, 2.24) is 10.6 Å². The lowest BCUT2D eigenvalue weighted by Crippen LogP contribution is -2.29. The smallest absolute Gasteiger partial charge is 0.222 e. The largest absolute Gasteiger partial charge is 0.379 e. The van der Waals surface area contributed by atoms with Gasteiger partial charge in [-0.25, -0.2) is 0 Å². The molecule has 202 valence electrons. The molecule has 10 heteroatoms. The fraction of sp³-hybridized carbons (Fsp3) is 0.875. The second kappa shape index (κ2) is 21.9. The van der Waals surface area contributed by atoms with Gasteiger partial charge in [-0.2, -0.15) is 0 Å². The number of hydrogen-bond donors (Lipinski definition) is 2. The molecule has 2 N–H and O–H groups in total. The Bertz CT molecular complexity index is 520. The van der Waals surface area contributed by atoms with Gasteiger partial charge >= 0.3 is 0 Å². The van der Waals surface area contributed by atoms with Gasteiger partial charge in [0.15, 0.2) is 0 Å². The molecule has 1 atom stereocenters. The van der Waals surface area contributed by atoms with E-state index in [1.54, 1.807) is 10.8 Å². The number of amides is 1. The van der Waals surface area contributed by atoms with Gasteiger partial charge in [0, 0.05) is 30.7 Å². The quantitative estimate of drug-likeness (QED) is 0.0900. The number of ether oxygens (including phenoxy) is 5. The van der Waals surface area contributed by atoms with Gasteiger partial charge in [-0.3, -0.25) is 4.79 Å². The van der Waals surface area contributed by atoms with E-state index in [4.69, 9.17) is 23.7 Å². The topological polar surface area (TPSA) is 87.3 Å². The van der Waals surface area contributed by atoms with Gasteiger partial charge in [-0.1, -0.05) is 54.5 Å². The van der Waals surface area contributed by atoms with Gasteiger partial charge in [0.1, 0.15) is 4.93 Å². The predicted molar refractivity (Wildman–Crippen MR) is 144 cm³/mol. The van der Waals surface area contributed by atoms with Gasteiger partial charge in [-0.15, -0.1) is 0 Å². The highest BCUT2D eigenvalue weighted by Crippen LogP contribution is 2.45. The van der Waals surface area contributed by atoms with Crippen LogP contribution in [-0.4, -0.2) is 95.2 Å². The van der Waals surface area contributed by atoms with E-state index in [0.717, 1.165) is 13.0 Å². The Balaban J connectivity index is 3.99. The minimum absolute atomic E-state index is 0.0115. The Morgan fingerprint density at radius 1 is 0.824 bits per heavy atom. The van der Waals surface area contributed by atoms with Crippen LogP contribution < -0.4 is 10.6 Å². The van der Waals surface area contributed by atoms with Crippen LogP contribution >= 0.6 is 21.6 Å². The van der Waals surface area contributed by atoms with E-state index in [9.17, 15) is 4.79 Å². The molecule has 0 aromatic heterocycles. The van der Waals surface area contributed by atoms with Crippen LogP contribution in [0.5, 0.6) is 0 Å². The van der Waals surface area contributed by atoms with Crippen molar-refractivity contribution in [2.75, 3.05) is 79.6 Å². The Morgan fingerprint density at radius 3 is 2.03 bits per heavy atom. The van der Waals surface area contributed by atoms with Crippen molar-refractivity contribution in [2.24, 2.45) is 0 Å². The molecule has 0 rings (SSSR count). The number of carbonyl (C=O) groups excluding carboxylic acids is 1. The molecule has 0 aromatic carbocycles. The summed E-state index contributed by atoms with van der Waals surface area (Å²) in [4.78, 5) is 11.2. The maximum absolute atomic E-state index is 11.6. The molecular weight excluding hydrogens is 476 g/mol. The average Bonchev–Trinajstić information content (AvgIpc) is 2.78. The zero-order valence-electron chi connectivity index (χ0n) is 22.1. The van der Waals surface area contributed by atoms with Crippen LogP contribution in [0.4, 0.5) is 0 Å². The molecule has 0 saturated carbocycles. The highest BCUT2D eigenvalue weighted by Gasteiger charge is 2.29. The average molecular weight is 525 g/mol. The van der Waals surface area contributed by atoms with Crippen LogP contribution in [0.1, 0.15) is 47.5 Å². The van der Waals surface area contributed by atoms with Gasteiger partial charge in [0.25, 0.3) is 0 Å². The van der Waals surface area contributed by atoms with Crippen molar-refractivity contribution >= 4 is 27.5 Å². The molecule has 0 fully saturated rings. The van der Waals surface area contributed by atoms with E-state index < -0.39 is 0 Å². The molecule has 0 aromatic rings. The summed E-state index contributed by atoms with van der Waals surface area (Å²) in [5, 5.41) is 5.84. The van der Waals surface area contributed by atoms with Crippen molar-refractivity contribution in [3.8, 4) is 0 Å². The summed E-state index contributed by atoms with van der Waals surface area (Å²) in [5.74, 6) is -0.0115. The van der Waals surface area contributed by atoms with Gasteiger partial charge in [0.05, 0.1) is 59.5 Å². The minimum atomic E-state index is -0.370. The van der Waals surface area contributed by atoms with Gasteiger partial charge in [0.2, 0.25) is 5.91 Å². The summed E-state index contributed by atoms with van der Waals surface area (Å²) < 4.78 is 28.6. The van der Waals surface area contributed by atoms with Gasteiger partial charge < -0.3 is 34.3 Å². The standard InChI is InChI=1S/C24H48N2O6S2/c1-7-8-11-26-22(27)9-13-28-16-19-31-20-21-32-24(5,34-33-23(2,3)4)10-14-29-17-18-30-15-12-25-6/h7-8,25H,9-21H2,1-6H3,(H,26,27)/b8-7+. The Hall–Kier alpha value is -0.330. The molecule has 0 saturated heterocycles.